The number of nitrogens with two attached hydrogens (primary N) is 1. The molecule has 0 spiro atoms. The quantitative estimate of drug-likeness (QED) is 0.355. The Morgan fingerprint density at radius 2 is 2.10 bits per heavy atom. The molecule has 0 amide bonds. The number of allylic oxidation sites excluding steroid dienone is 1. The molecule has 0 fully saturated rings. The van der Waals surface area contributed by atoms with Crippen molar-refractivity contribution in [1.82, 2.24) is 0 Å². The maximum Gasteiger partial charge on any atom is 0.219 e. The van der Waals surface area contributed by atoms with Crippen molar-refractivity contribution in [2.24, 2.45) is 4.99 Å². The predicted octanol–water partition coefficient (Wildman–Crippen LogP) is 1.48. The lowest BCUT2D eigenvalue weighted by atomic mass is 9.99. The molecule has 0 bridgehead atoms. The van der Waals surface area contributed by atoms with E-state index in [-0.39, 0.29) is 21.8 Å². The highest BCUT2D eigenvalue weighted by Gasteiger charge is 2.28. The lowest BCUT2D eigenvalue weighted by Crippen LogP contribution is -2.30. The second-order valence-electron chi connectivity index (χ2n) is 4.18. The van der Waals surface area contributed by atoms with Crippen molar-refractivity contribution in [3.8, 4) is 5.75 Å². The molecule has 0 aromatic heterocycles. The molecule has 0 saturated carbocycles. The van der Waals surface area contributed by atoms with Gasteiger partial charge in [-0.1, -0.05) is 0 Å². The van der Waals surface area contributed by atoms with Gasteiger partial charge in [-0.2, -0.15) is 8.42 Å². The zero-order chi connectivity index (χ0) is 15.0. The Morgan fingerprint density at radius 3 is 2.70 bits per heavy atom. The van der Waals surface area contributed by atoms with E-state index in [0.717, 1.165) is 6.07 Å². The van der Waals surface area contributed by atoms with E-state index in [4.69, 9.17) is 17.3 Å². The van der Waals surface area contributed by atoms with Crippen molar-refractivity contribution in [3.63, 3.8) is 0 Å². The highest BCUT2D eigenvalue weighted by Crippen LogP contribution is 2.28. The summed E-state index contributed by atoms with van der Waals surface area (Å²) in [4.78, 5) is 3.91. The number of hydrogen-bond acceptors (Lipinski definition) is 5. The maximum atomic E-state index is 13.9. The zero-order valence-corrected chi connectivity index (χ0v) is 11.8. The number of nitrogens with zero attached hydrogens (tertiary/aromatic N) is 1. The molecule has 106 valence electrons. The minimum atomic E-state index is -2.54. The van der Waals surface area contributed by atoms with Gasteiger partial charge < -0.3 is 10.8 Å². The molecule has 1 atom stereocenters. The Bertz CT molecular complexity index is 776. The SMILES string of the molecule is CC1=CN=C(c2cc(N)c(O)cc2F)C(Cl)C1=S(=O)=O. The monoisotopic (exact) mass is 316 g/mol. The van der Waals surface area contributed by atoms with Crippen molar-refractivity contribution in [3.05, 3.63) is 35.3 Å². The van der Waals surface area contributed by atoms with Crippen molar-refractivity contribution < 1.29 is 17.9 Å². The van der Waals surface area contributed by atoms with Crippen LogP contribution in [0, 0.1) is 5.82 Å². The fourth-order valence-corrected chi connectivity index (χ4v) is 2.98. The van der Waals surface area contributed by atoms with Crippen LogP contribution in [-0.4, -0.2) is 29.5 Å². The number of hydrogen-bond donors (Lipinski definition) is 2. The first-order valence-corrected chi connectivity index (χ1v) is 6.97. The van der Waals surface area contributed by atoms with E-state index in [9.17, 15) is 17.9 Å². The molecule has 0 saturated heterocycles. The molecule has 2 rings (SSSR count). The third kappa shape index (κ3) is 2.41. The van der Waals surface area contributed by atoms with Gasteiger partial charge >= 0.3 is 0 Å². The van der Waals surface area contributed by atoms with Crippen LogP contribution in [0.3, 0.4) is 0 Å². The number of benzene rings is 1. The molecule has 3 N–H and O–H groups in total. The molecule has 1 aromatic carbocycles. The largest absolute Gasteiger partial charge is 0.506 e. The lowest BCUT2D eigenvalue weighted by molar-refractivity contribution is 0.471. The normalized spacial score (nSPS) is 18.6. The van der Waals surface area contributed by atoms with Gasteiger partial charge in [0.2, 0.25) is 10.3 Å². The third-order valence-corrected chi connectivity index (χ3v) is 4.30. The Labute approximate surface area is 120 Å². The van der Waals surface area contributed by atoms with Gasteiger partial charge in [0.25, 0.3) is 0 Å². The molecule has 0 radical (unpaired) electrons. The van der Waals surface area contributed by atoms with Gasteiger partial charge in [0.1, 0.15) is 21.8 Å². The summed E-state index contributed by atoms with van der Waals surface area (Å²) < 4.78 is 36.2. The molecule has 0 aliphatic carbocycles. The van der Waals surface area contributed by atoms with Crippen LogP contribution in [-0.2, 0) is 10.3 Å². The number of nitrogen functional groups attached to an aromatic ring is 1. The van der Waals surface area contributed by atoms with E-state index in [1.807, 2.05) is 0 Å². The van der Waals surface area contributed by atoms with Crippen LogP contribution >= 0.6 is 11.6 Å². The molecule has 20 heavy (non-hydrogen) atoms. The van der Waals surface area contributed by atoms with E-state index in [1.54, 1.807) is 6.92 Å². The first-order chi connectivity index (χ1) is 9.32. The second kappa shape index (κ2) is 5.26. The van der Waals surface area contributed by atoms with E-state index >= 15 is 0 Å². The summed E-state index contributed by atoms with van der Waals surface area (Å²) >= 11 is 6.07. The van der Waals surface area contributed by atoms with Crippen LogP contribution in [0.4, 0.5) is 10.1 Å². The number of halogens is 2. The van der Waals surface area contributed by atoms with Crippen LogP contribution in [0.5, 0.6) is 5.75 Å². The zero-order valence-electron chi connectivity index (χ0n) is 10.3. The van der Waals surface area contributed by atoms with E-state index in [0.29, 0.717) is 5.57 Å². The number of aliphatic imine (C=N–C) groups is 1. The summed E-state index contributed by atoms with van der Waals surface area (Å²) in [6, 6.07) is 1.99. The average molecular weight is 317 g/mol. The summed E-state index contributed by atoms with van der Waals surface area (Å²) in [6.45, 7) is 1.54. The second-order valence-corrected chi connectivity index (χ2v) is 5.52. The van der Waals surface area contributed by atoms with Gasteiger partial charge in [0, 0.05) is 17.8 Å². The van der Waals surface area contributed by atoms with Gasteiger partial charge in [-0.15, -0.1) is 11.6 Å². The van der Waals surface area contributed by atoms with Gasteiger partial charge in [-0.05, 0) is 18.6 Å². The summed E-state index contributed by atoms with van der Waals surface area (Å²) in [7, 11) is -2.54. The average Bonchev–Trinajstić information content (AvgIpc) is 2.34. The Hall–Kier alpha value is -1.86. The summed E-state index contributed by atoms with van der Waals surface area (Å²) in [5, 5.41) is 8.20. The van der Waals surface area contributed by atoms with E-state index in [2.05, 4.69) is 4.99 Å². The van der Waals surface area contributed by atoms with Crippen LogP contribution < -0.4 is 5.73 Å². The van der Waals surface area contributed by atoms with E-state index in [1.165, 1.54) is 12.3 Å². The van der Waals surface area contributed by atoms with E-state index < -0.39 is 27.2 Å². The highest BCUT2D eigenvalue weighted by atomic mass is 35.5. The molecule has 1 aromatic rings. The molecule has 1 heterocycles. The topological polar surface area (TPSA) is 92.8 Å². The fourth-order valence-electron chi connectivity index (χ4n) is 1.82. The third-order valence-electron chi connectivity index (χ3n) is 2.83. The molecule has 1 aliphatic heterocycles. The van der Waals surface area contributed by atoms with Crippen LogP contribution in [0.25, 0.3) is 0 Å². The fraction of sp³-hybridized carbons (Fsp3) is 0.167. The standard InChI is InChI=1S/C12H10ClFN2O3S/c1-5-4-16-11(10(13)12(5)20(18)19)6-2-8(15)9(17)3-7(6)14/h2-4,10,17H,15H2,1H3. The maximum absolute atomic E-state index is 13.9. The number of anilines is 1. The number of phenols is 1. The molecular weight excluding hydrogens is 307 g/mol. The molecule has 8 heteroatoms. The van der Waals surface area contributed by atoms with Gasteiger partial charge in [0.05, 0.1) is 11.4 Å². The summed E-state index contributed by atoms with van der Waals surface area (Å²) in [6.07, 6.45) is 1.29. The number of alkyl halides is 1. The van der Waals surface area contributed by atoms with Crippen molar-refractivity contribution in [2.75, 3.05) is 5.73 Å². The first-order valence-electron chi connectivity index (χ1n) is 5.46. The number of rotatable bonds is 1. The summed E-state index contributed by atoms with van der Waals surface area (Å²) in [5.41, 5.74) is 5.82. The van der Waals surface area contributed by atoms with Gasteiger partial charge in [0.15, 0.2) is 0 Å². The highest BCUT2D eigenvalue weighted by molar-refractivity contribution is 7.73. The molecule has 5 nitrogen and oxygen atoms in total. The predicted molar refractivity (Wildman–Crippen MR) is 76.3 cm³/mol. The van der Waals surface area contributed by atoms with Gasteiger partial charge in [-0.3, -0.25) is 4.99 Å². The molecule has 1 aliphatic rings. The lowest BCUT2D eigenvalue weighted by Gasteiger charge is -2.18. The minimum absolute atomic E-state index is 0.0284. The number of aromatic hydroxyl groups is 1. The van der Waals surface area contributed by atoms with Crippen LogP contribution in [0.1, 0.15) is 12.5 Å². The Balaban J connectivity index is 2.66. The number of phenolic OH excluding ortho intramolecular Hbond substituents is 1. The van der Waals surface area contributed by atoms with Gasteiger partial charge in [-0.25, -0.2) is 4.39 Å². The van der Waals surface area contributed by atoms with Crippen molar-refractivity contribution >= 4 is 38.2 Å². The minimum Gasteiger partial charge on any atom is -0.506 e. The van der Waals surface area contributed by atoms with Crippen LogP contribution in [0.2, 0.25) is 0 Å². The summed E-state index contributed by atoms with van der Waals surface area (Å²) in [5.74, 6) is -1.19. The smallest absolute Gasteiger partial charge is 0.219 e. The molecular formula is C12H10ClFN2O3S. The molecule has 1 unspecified atom stereocenters. The van der Waals surface area contributed by atoms with Crippen molar-refractivity contribution in [2.45, 2.75) is 12.3 Å². The first kappa shape index (κ1) is 14.5. The van der Waals surface area contributed by atoms with Crippen molar-refractivity contribution in [1.29, 1.82) is 0 Å². The Morgan fingerprint density at radius 1 is 1.45 bits per heavy atom. The Kier molecular flexibility index (Phi) is 3.82. The van der Waals surface area contributed by atoms with Crippen LogP contribution in [0.15, 0.2) is 28.9 Å².